The number of carboxylic acid groups (broad SMARTS) is 1. The van der Waals surface area contributed by atoms with Crippen molar-refractivity contribution in [2.75, 3.05) is 6.54 Å². The molecule has 6 heteroatoms. The third-order valence-electron chi connectivity index (χ3n) is 4.63. The Kier molecular flexibility index (Phi) is 7.24. The van der Waals surface area contributed by atoms with E-state index in [2.05, 4.69) is 4.72 Å². The first kappa shape index (κ1) is 18.9. The van der Waals surface area contributed by atoms with Crippen molar-refractivity contribution in [1.29, 1.82) is 0 Å². The second kappa shape index (κ2) is 9.18. The van der Waals surface area contributed by atoms with Crippen LogP contribution in [0.15, 0.2) is 29.2 Å². The Bertz CT molecular complexity index is 619. The molecular weight excluding hydrogens is 326 g/mol. The lowest BCUT2D eigenvalue weighted by molar-refractivity contribution is -0.137. The summed E-state index contributed by atoms with van der Waals surface area (Å²) in [6.07, 6.45) is 8.27. The first-order valence-corrected chi connectivity index (χ1v) is 10.3. The predicted octanol–water partition coefficient (Wildman–Crippen LogP) is 3.66. The molecule has 1 aliphatic rings. The van der Waals surface area contributed by atoms with Crippen molar-refractivity contribution in [1.82, 2.24) is 4.72 Å². The summed E-state index contributed by atoms with van der Waals surface area (Å²) in [5.41, 5.74) is 1.24. The van der Waals surface area contributed by atoms with Gasteiger partial charge in [-0.25, -0.2) is 13.1 Å². The second-order valence-corrected chi connectivity index (χ2v) is 8.27. The fourth-order valence-corrected chi connectivity index (χ4v) is 4.30. The molecule has 0 unspecified atom stereocenters. The van der Waals surface area contributed by atoms with Crippen LogP contribution in [0.2, 0.25) is 0 Å². The summed E-state index contributed by atoms with van der Waals surface area (Å²) in [7, 11) is -3.48. The van der Waals surface area contributed by atoms with E-state index in [1.54, 1.807) is 12.1 Å². The van der Waals surface area contributed by atoms with Crippen LogP contribution in [-0.2, 0) is 14.8 Å². The summed E-state index contributed by atoms with van der Waals surface area (Å²) in [5.74, 6) is -0.244. The number of aliphatic carboxylic acids is 1. The topological polar surface area (TPSA) is 83.5 Å². The van der Waals surface area contributed by atoms with Gasteiger partial charge < -0.3 is 5.11 Å². The van der Waals surface area contributed by atoms with Crippen LogP contribution in [0.3, 0.4) is 0 Å². The van der Waals surface area contributed by atoms with E-state index in [0.29, 0.717) is 36.6 Å². The molecule has 1 saturated carbocycles. The van der Waals surface area contributed by atoms with Gasteiger partial charge in [-0.2, -0.15) is 0 Å². The van der Waals surface area contributed by atoms with Crippen molar-refractivity contribution in [2.24, 2.45) is 0 Å². The molecule has 0 spiro atoms. The highest BCUT2D eigenvalue weighted by Crippen LogP contribution is 2.32. The van der Waals surface area contributed by atoms with E-state index in [0.717, 1.165) is 0 Å². The van der Waals surface area contributed by atoms with Gasteiger partial charge in [0.25, 0.3) is 0 Å². The van der Waals surface area contributed by atoms with Gasteiger partial charge in [0.2, 0.25) is 10.0 Å². The monoisotopic (exact) mass is 353 g/mol. The zero-order valence-corrected chi connectivity index (χ0v) is 14.9. The molecule has 2 rings (SSSR count). The number of hydrogen-bond acceptors (Lipinski definition) is 3. The van der Waals surface area contributed by atoms with E-state index in [1.807, 2.05) is 12.1 Å². The van der Waals surface area contributed by atoms with Gasteiger partial charge in [0, 0.05) is 13.0 Å². The Morgan fingerprint density at radius 1 is 1.04 bits per heavy atom. The Morgan fingerprint density at radius 3 is 2.33 bits per heavy atom. The van der Waals surface area contributed by atoms with Crippen molar-refractivity contribution in [2.45, 2.75) is 68.6 Å². The van der Waals surface area contributed by atoms with Gasteiger partial charge in [-0.1, -0.05) is 37.8 Å². The maximum absolute atomic E-state index is 12.3. The van der Waals surface area contributed by atoms with Crippen LogP contribution >= 0.6 is 0 Å². The quantitative estimate of drug-likeness (QED) is 0.664. The van der Waals surface area contributed by atoms with E-state index in [9.17, 15) is 13.2 Å². The minimum absolute atomic E-state index is 0.134. The molecule has 1 aromatic carbocycles. The number of hydrogen-bond donors (Lipinski definition) is 2. The Labute approximate surface area is 144 Å². The minimum atomic E-state index is -3.48. The van der Waals surface area contributed by atoms with Crippen LogP contribution in [0.1, 0.15) is 69.3 Å². The molecule has 0 amide bonds. The number of rotatable bonds is 9. The van der Waals surface area contributed by atoms with E-state index >= 15 is 0 Å². The summed E-state index contributed by atoms with van der Waals surface area (Å²) in [6, 6.07) is 7.27. The zero-order chi connectivity index (χ0) is 17.4. The highest BCUT2D eigenvalue weighted by atomic mass is 32.2. The van der Waals surface area contributed by atoms with E-state index < -0.39 is 16.0 Å². The van der Waals surface area contributed by atoms with Crippen LogP contribution in [0, 0.1) is 0 Å². The number of nitrogens with one attached hydrogen (secondary N) is 1. The van der Waals surface area contributed by atoms with Gasteiger partial charge in [-0.3, -0.25) is 4.79 Å². The SMILES string of the molecule is O=C(O)CCCCCNS(=O)(=O)c1ccc(C2CCCCC2)cc1. The van der Waals surface area contributed by atoms with Crippen LogP contribution in [0.4, 0.5) is 0 Å². The molecule has 0 aliphatic heterocycles. The smallest absolute Gasteiger partial charge is 0.303 e. The third kappa shape index (κ3) is 5.91. The summed E-state index contributed by atoms with van der Waals surface area (Å²) in [5, 5.41) is 8.55. The number of carboxylic acids is 1. The Hall–Kier alpha value is -1.40. The van der Waals surface area contributed by atoms with E-state index in [4.69, 9.17) is 5.11 Å². The molecule has 0 aromatic heterocycles. The molecule has 0 saturated heterocycles. The average Bonchev–Trinajstić information content (AvgIpc) is 2.58. The zero-order valence-electron chi connectivity index (χ0n) is 14.0. The van der Waals surface area contributed by atoms with E-state index in [1.165, 1.54) is 37.7 Å². The van der Waals surface area contributed by atoms with Crippen LogP contribution in [0.5, 0.6) is 0 Å². The van der Waals surface area contributed by atoms with Gasteiger partial charge >= 0.3 is 5.97 Å². The third-order valence-corrected chi connectivity index (χ3v) is 6.10. The van der Waals surface area contributed by atoms with Crippen molar-refractivity contribution in [3.63, 3.8) is 0 Å². The minimum Gasteiger partial charge on any atom is -0.481 e. The molecule has 0 radical (unpaired) electrons. The lowest BCUT2D eigenvalue weighted by atomic mass is 9.84. The summed E-state index contributed by atoms with van der Waals surface area (Å²) >= 11 is 0. The molecule has 134 valence electrons. The predicted molar refractivity (Wildman–Crippen MR) is 93.6 cm³/mol. The first-order chi connectivity index (χ1) is 11.5. The number of sulfonamides is 1. The molecule has 0 heterocycles. The summed E-state index contributed by atoms with van der Waals surface area (Å²) < 4.78 is 27.1. The molecule has 1 aromatic rings. The lowest BCUT2D eigenvalue weighted by Gasteiger charge is -2.22. The van der Waals surface area contributed by atoms with Gasteiger partial charge in [-0.05, 0) is 49.3 Å². The largest absolute Gasteiger partial charge is 0.481 e. The molecule has 1 fully saturated rings. The molecule has 24 heavy (non-hydrogen) atoms. The number of benzene rings is 1. The summed E-state index contributed by atoms with van der Waals surface area (Å²) in [6.45, 7) is 0.340. The molecule has 1 aliphatic carbocycles. The average molecular weight is 353 g/mol. The normalized spacial score (nSPS) is 16.2. The lowest BCUT2D eigenvalue weighted by Crippen LogP contribution is -2.24. The standard InChI is InChI=1S/C18H27NO4S/c20-18(21)9-5-2-6-14-19-24(22,23)17-12-10-16(11-13-17)15-7-3-1-4-8-15/h10-13,15,19H,1-9,14H2,(H,20,21). The number of carbonyl (C=O) groups is 1. The fourth-order valence-electron chi connectivity index (χ4n) is 3.22. The van der Waals surface area contributed by atoms with Gasteiger partial charge in [0.15, 0.2) is 0 Å². The molecule has 0 bridgehead atoms. The van der Waals surface area contributed by atoms with Crippen molar-refractivity contribution < 1.29 is 18.3 Å². The summed E-state index contributed by atoms with van der Waals surface area (Å²) in [4.78, 5) is 10.7. The molecule has 5 nitrogen and oxygen atoms in total. The van der Waals surface area contributed by atoms with Crippen molar-refractivity contribution in [3.05, 3.63) is 29.8 Å². The fraction of sp³-hybridized carbons (Fsp3) is 0.611. The highest BCUT2D eigenvalue weighted by molar-refractivity contribution is 7.89. The van der Waals surface area contributed by atoms with Crippen molar-refractivity contribution in [3.8, 4) is 0 Å². The van der Waals surface area contributed by atoms with Crippen LogP contribution < -0.4 is 4.72 Å². The van der Waals surface area contributed by atoms with Gasteiger partial charge in [0.1, 0.15) is 0 Å². The maximum atomic E-state index is 12.3. The Morgan fingerprint density at radius 2 is 1.71 bits per heavy atom. The maximum Gasteiger partial charge on any atom is 0.303 e. The highest BCUT2D eigenvalue weighted by Gasteiger charge is 2.17. The molecule has 0 atom stereocenters. The first-order valence-electron chi connectivity index (χ1n) is 8.80. The van der Waals surface area contributed by atoms with Crippen molar-refractivity contribution >= 4 is 16.0 Å². The Balaban J connectivity index is 1.81. The van der Waals surface area contributed by atoms with E-state index in [-0.39, 0.29) is 6.42 Å². The van der Waals surface area contributed by atoms with Crippen LogP contribution in [0.25, 0.3) is 0 Å². The number of unbranched alkanes of at least 4 members (excludes halogenated alkanes) is 2. The van der Waals surface area contributed by atoms with Gasteiger partial charge in [0.05, 0.1) is 4.90 Å². The molecule has 2 N–H and O–H groups in total. The molecular formula is C18H27NO4S. The van der Waals surface area contributed by atoms with Crippen LogP contribution in [-0.4, -0.2) is 26.0 Å². The van der Waals surface area contributed by atoms with Gasteiger partial charge in [-0.15, -0.1) is 0 Å². The second-order valence-electron chi connectivity index (χ2n) is 6.51.